The summed E-state index contributed by atoms with van der Waals surface area (Å²) in [5.41, 5.74) is 0.839. The lowest BCUT2D eigenvalue weighted by Crippen LogP contribution is -2.56. The highest BCUT2D eigenvalue weighted by atomic mass is 35.5. The number of benzene rings is 1. The van der Waals surface area contributed by atoms with Crippen molar-refractivity contribution in [3.8, 4) is 0 Å². The molecule has 0 radical (unpaired) electrons. The number of hydrogen-bond acceptors (Lipinski definition) is 3. The summed E-state index contributed by atoms with van der Waals surface area (Å²) in [7, 11) is 1.70. The van der Waals surface area contributed by atoms with Crippen molar-refractivity contribution >= 4 is 28.9 Å². The molecule has 2 rings (SSSR count). The first-order valence-corrected chi connectivity index (χ1v) is 6.78. The third kappa shape index (κ3) is 2.75. The normalized spacial score (nSPS) is 26.8. The Balaban J connectivity index is 2.00. The number of hydrogen-bond donors (Lipinski definition) is 1. The second-order valence-corrected chi connectivity index (χ2v) is 5.07. The number of halogens is 2. The Morgan fingerprint density at radius 2 is 2.17 bits per heavy atom. The largest absolute Gasteiger partial charge is 0.378 e. The van der Waals surface area contributed by atoms with Crippen LogP contribution in [0.4, 0.5) is 5.69 Å². The predicted octanol–water partition coefficient (Wildman–Crippen LogP) is 3.60. The average Bonchev–Trinajstić information content (AvgIpc) is 2.33. The van der Waals surface area contributed by atoms with Gasteiger partial charge in [0.15, 0.2) is 0 Å². The monoisotopic (exact) mass is 289 g/mol. The third-order valence-corrected chi connectivity index (χ3v) is 4.01. The van der Waals surface area contributed by atoms with Crippen LogP contribution in [0.25, 0.3) is 0 Å². The van der Waals surface area contributed by atoms with Crippen LogP contribution in [-0.4, -0.2) is 32.0 Å². The van der Waals surface area contributed by atoms with E-state index in [0.29, 0.717) is 16.7 Å². The van der Waals surface area contributed by atoms with Crippen molar-refractivity contribution < 1.29 is 9.47 Å². The Labute approximate surface area is 117 Å². The van der Waals surface area contributed by atoms with Crippen LogP contribution in [0.1, 0.15) is 13.3 Å². The SMILES string of the molecule is CCOC1CC(Nc2cccc(Cl)c2Cl)C1OC. The van der Waals surface area contributed by atoms with E-state index in [1.165, 1.54) is 0 Å². The summed E-state index contributed by atoms with van der Waals surface area (Å²) >= 11 is 12.1. The summed E-state index contributed by atoms with van der Waals surface area (Å²) in [6.07, 6.45) is 1.13. The van der Waals surface area contributed by atoms with Crippen molar-refractivity contribution in [3.05, 3.63) is 28.2 Å². The molecule has 18 heavy (non-hydrogen) atoms. The standard InChI is InChI=1S/C13H17Cl2NO2/c1-3-18-11-7-10(13(11)17-2)16-9-6-4-5-8(14)12(9)15/h4-6,10-11,13,16H,3,7H2,1-2H3. The maximum atomic E-state index is 6.14. The van der Waals surface area contributed by atoms with E-state index in [0.717, 1.165) is 12.1 Å². The first-order valence-electron chi connectivity index (χ1n) is 6.02. The lowest BCUT2D eigenvalue weighted by atomic mass is 9.85. The molecular weight excluding hydrogens is 273 g/mol. The fourth-order valence-electron chi connectivity index (χ4n) is 2.23. The quantitative estimate of drug-likeness (QED) is 0.898. The Bertz CT molecular complexity index is 414. The van der Waals surface area contributed by atoms with Gasteiger partial charge in [-0.25, -0.2) is 0 Å². The van der Waals surface area contributed by atoms with Gasteiger partial charge in [-0.2, -0.15) is 0 Å². The molecule has 1 fully saturated rings. The minimum Gasteiger partial charge on any atom is -0.378 e. The number of rotatable bonds is 5. The first kappa shape index (κ1) is 13.9. The van der Waals surface area contributed by atoms with Crippen LogP contribution in [-0.2, 0) is 9.47 Å². The zero-order chi connectivity index (χ0) is 13.1. The number of ether oxygens (including phenoxy) is 2. The van der Waals surface area contributed by atoms with Crippen LogP contribution in [0.15, 0.2) is 18.2 Å². The zero-order valence-electron chi connectivity index (χ0n) is 10.5. The summed E-state index contributed by atoms with van der Waals surface area (Å²) in [5.74, 6) is 0. The third-order valence-electron chi connectivity index (χ3n) is 3.19. The van der Waals surface area contributed by atoms with Gasteiger partial charge in [0.05, 0.1) is 27.9 Å². The van der Waals surface area contributed by atoms with Gasteiger partial charge in [0.25, 0.3) is 0 Å². The van der Waals surface area contributed by atoms with Gasteiger partial charge >= 0.3 is 0 Å². The van der Waals surface area contributed by atoms with Gasteiger partial charge in [-0.15, -0.1) is 0 Å². The van der Waals surface area contributed by atoms with E-state index in [9.17, 15) is 0 Å². The number of anilines is 1. The molecule has 1 N–H and O–H groups in total. The Morgan fingerprint density at radius 1 is 1.39 bits per heavy atom. The topological polar surface area (TPSA) is 30.5 Å². The molecule has 0 amide bonds. The second-order valence-electron chi connectivity index (χ2n) is 4.28. The zero-order valence-corrected chi connectivity index (χ0v) is 12.0. The van der Waals surface area contributed by atoms with E-state index in [1.54, 1.807) is 13.2 Å². The molecule has 0 saturated heterocycles. The van der Waals surface area contributed by atoms with Crippen LogP contribution in [0.5, 0.6) is 0 Å². The predicted molar refractivity (Wildman–Crippen MR) is 74.7 cm³/mol. The lowest BCUT2D eigenvalue weighted by molar-refractivity contribution is -0.118. The van der Waals surface area contributed by atoms with Crippen LogP contribution in [0, 0.1) is 0 Å². The average molecular weight is 290 g/mol. The van der Waals surface area contributed by atoms with Crippen LogP contribution < -0.4 is 5.32 Å². The molecule has 3 atom stereocenters. The Hall–Kier alpha value is -0.480. The van der Waals surface area contributed by atoms with Crippen LogP contribution in [0.2, 0.25) is 10.0 Å². The van der Waals surface area contributed by atoms with Gasteiger partial charge in [-0.05, 0) is 25.5 Å². The molecule has 0 bridgehead atoms. The molecular formula is C13H17Cl2NO2. The molecule has 0 heterocycles. The molecule has 5 heteroatoms. The highest BCUT2D eigenvalue weighted by molar-refractivity contribution is 6.43. The van der Waals surface area contributed by atoms with Crippen molar-refractivity contribution in [2.75, 3.05) is 19.0 Å². The Kier molecular flexibility index (Phi) is 4.73. The molecule has 1 aromatic rings. The number of nitrogens with one attached hydrogen (secondary N) is 1. The fourth-order valence-corrected chi connectivity index (χ4v) is 2.59. The molecule has 0 aliphatic heterocycles. The summed E-state index contributed by atoms with van der Waals surface area (Å²) in [5, 5.41) is 4.46. The summed E-state index contributed by atoms with van der Waals surface area (Å²) in [4.78, 5) is 0. The van der Waals surface area contributed by atoms with E-state index in [-0.39, 0.29) is 18.2 Å². The van der Waals surface area contributed by atoms with Crippen molar-refractivity contribution in [1.29, 1.82) is 0 Å². The van der Waals surface area contributed by atoms with Gasteiger partial charge in [0, 0.05) is 13.7 Å². The molecule has 1 aromatic carbocycles. The number of methoxy groups -OCH3 is 1. The first-order chi connectivity index (χ1) is 8.67. The van der Waals surface area contributed by atoms with Gasteiger partial charge < -0.3 is 14.8 Å². The fraction of sp³-hybridized carbons (Fsp3) is 0.538. The van der Waals surface area contributed by atoms with E-state index in [4.69, 9.17) is 32.7 Å². The molecule has 100 valence electrons. The van der Waals surface area contributed by atoms with Crippen LogP contribution >= 0.6 is 23.2 Å². The van der Waals surface area contributed by atoms with Gasteiger partial charge in [-0.1, -0.05) is 29.3 Å². The molecule has 0 aromatic heterocycles. The maximum Gasteiger partial charge on any atom is 0.103 e. The maximum absolute atomic E-state index is 6.14. The van der Waals surface area contributed by atoms with E-state index >= 15 is 0 Å². The molecule has 1 aliphatic rings. The van der Waals surface area contributed by atoms with Crippen molar-refractivity contribution in [1.82, 2.24) is 0 Å². The van der Waals surface area contributed by atoms with E-state index in [2.05, 4.69) is 5.32 Å². The van der Waals surface area contributed by atoms with Crippen LogP contribution in [0.3, 0.4) is 0 Å². The molecule has 0 spiro atoms. The summed E-state index contributed by atoms with van der Waals surface area (Å²) in [6.45, 7) is 2.69. The Morgan fingerprint density at radius 3 is 2.83 bits per heavy atom. The van der Waals surface area contributed by atoms with Crippen molar-refractivity contribution in [2.24, 2.45) is 0 Å². The van der Waals surface area contributed by atoms with Gasteiger partial charge in [0.1, 0.15) is 6.10 Å². The van der Waals surface area contributed by atoms with Crippen molar-refractivity contribution in [3.63, 3.8) is 0 Å². The van der Waals surface area contributed by atoms with Crippen molar-refractivity contribution in [2.45, 2.75) is 31.6 Å². The highest BCUT2D eigenvalue weighted by Crippen LogP contribution is 2.34. The molecule has 1 saturated carbocycles. The van der Waals surface area contributed by atoms with Gasteiger partial charge in [-0.3, -0.25) is 0 Å². The van der Waals surface area contributed by atoms with Gasteiger partial charge in [0.2, 0.25) is 0 Å². The highest BCUT2D eigenvalue weighted by Gasteiger charge is 2.42. The molecule has 1 aliphatic carbocycles. The minimum absolute atomic E-state index is 0.0556. The molecule has 3 nitrogen and oxygen atoms in total. The second kappa shape index (κ2) is 6.11. The van der Waals surface area contributed by atoms with E-state index in [1.807, 2.05) is 19.1 Å². The smallest absolute Gasteiger partial charge is 0.103 e. The summed E-state index contributed by atoms with van der Waals surface area (Å²) in [6, 6.07) is 5.76. The van der Waals surface area contributed by atoms with E-state index < -0.39 is 0 Å². The lowest BCUT2D eigenvalue weighted by Gasteiger charge is -2.43. The molecule has 3 unspecified atom stereocenters. The minimum atomic E-state index is 0.0556. The summed E-state index contributed by atoms with van der Waals surface area (Å²) < 4.78 is 11.0.